The molecule has 0 saturated carbocycles. The van der Waals surface area contributed by atoms with E-state index >= 15 is 0 Å². The van der Waals surface area contributed by atoms with Crippen LogP contribution < -0.4 is 11.5 Å². The molecule has 0 radical (unpaired) electrons. The van der Waals surface area contributed by atoms with E-state index in [1.165, 1.54) is 4.90 Å². The normalized spacial score (nSPS) is 14.1. The minimum Gasteiger partial charge on any atom is -0.480 e. The molecule has 5 N–H and O–H groups in total. The fourth-order valence-electron chi connectivity index (χ4n) is 2.25. The Hall–Kier alpha value is -1.14. The smallest absolute Gasteiger partial charge is 0.326 e. The van der Waals surface area contributed by atoms with Crippen LogP contribution in [-0.4, -0.2) is 47.1 Å². The molecule has 0 heterocycles. The van der Waals surface area contributed by atoms with Gasteiger partial charge in [-0.2, -0.15) is 0 Å². The number of hydrogen-bond acceptors (Lipinski definition) is 4. The first-order chi connectivity index (χ1) is 9.36. The zero-order valence-corrected chi connectivity index (χ0v) is 12.8. The molecule has 0 unspecified atom stereocenters. The van der Waals surface area contributed by atoms with Crippen molar-refractivity contribution in [3.63, 3.8) is 0 Å². The molecular formula is C14H29N3O3. The molecule has 1 amide bonds. The molecule has 0 rings (SSSR count). The van der Waals surface area contributed by atoms with Crippen LogP contribution in [-0.2, 0) is 9.59 Å². The van der Waals surface area contributed by atoms with E-state index in [-0.39, 0.29) is 11.8 Å². The lowest BCUT2D eigenvalue weighted by molar-refractivity contribution is -0.153. The summed E-state index contributed by atoms with van der Waals surface area (Å²) < 4.78 is 0. The molecule has 0 spiro atoms. The Morgan fingerprint density at radius 3 is 2.25 bits per heavy atom. The van der Waals surface area contributed by atoms with Crippen molar-refractivity contribution in [3.8, 4) is 0 Å². The Kier molecular flexibility index (Phi) is 9.16. The first kappa shape index (κ1) is 18.9. The van der Waals surface area contributed by atoms with Crippen LogP contribution in [0.15, 0.2) is 0 Å². The second kappa shape index (κ2) is 9.72. The summed E-state index contributed by atoms with van der Waals surface area (Å²) in [4.78, 5) is 25.2. The maximum atomic E-state index is 12.4. The number of nitrogens with two attached hydrogens (primary N) is 2. The number of unbranched alkanes of at least 4 members (excludes halogenated alkanes) is 1. The van der Waals surface area contributed by atoms with Gasteiger partial charge in [0.1, 0.15) is 6.04 Å². The Balaban J connectivity index is 4.86. The van der Waals surface area contributed by atoms with Crippen molar-refractivity contribution in [2.24, 2.45) is 17.4 Å². The van der Waals surface area contributed by atoms with Gasteiger partial charge in [-0.15, -0.1) is 0 Å². The lowest BCUT2D eigenvalue weighted by Gasteiger charge is -2.33. The summed E-state index contributed by atoms with van der Waals surface area (Å²) >= 11 is 0. The molecule has 0 aromatic carbocycles. The molecule has 0 aromatic rings. The van der Waals surface area contributed by atoms with Gasteiger partial charge in [0, 0.05) is 6.54 Å². The van der Waals surface area contributed by atoms with Crippen molar-refractivity contribution < 1.29 is 14.7 Å². The van der Waals surface area contributed by atoms with E-state index in [2.05, 4.69) is 0 Å². The average molecular weight is 287 g/mol. The first-order valence-electron chi connectivity index (χ1n) is 7.35. The number of nitrogens with zero attached hydrogens (tertiary/aromatic N) is 1. The summed E-state index contributed by atoms with van der Waals surface area (Å²) in [5, 5.41) is 9.33. The third-order valence-corrected chi connectivity index (χ3v) is 3.25. The molecule has 2 atom stereocenters. The predicted molar refractivity (Wildman–Crippen MR) is 79.1 cm³/mol. The highest BCUT2D eigenvalue weighted by molar-refractivity contribution is 5.87. The number of rotatable bonds is 10. The van der Waals surface area contributed by atoms with Gasteiger partial charge >= 0.3 is 5.97 Å². The Bertz CT molecular complexity index is 308. The Morgan fingerprint density at radius 2 is 1.85 bits per heavy atom. The van der Waals surface area contributed by atoms with Crippen LogP contribution >= 0.6 is 0 Å². The van der Waals surface area contributed by atoms with Crippen molar-refractivity contribution in [3.05, 3.63) is 0 Å². The number of carbonyl (C=O) groups is 2. The van der Waals surface area contributed by atoms with Crippen molar-refractivity contribution in [1.82, 2.24) is 4.90 Å². The van der Waals surface area contributed by atoms with Crippen LogP contribution in [0.2, 0.25) is 0 Å². The zero-order chi connectivity index (χ0) is 15.7. The fraction of sp³-hybridized carbons (Fsp3) is 0.857. The molecule has 0 aliphatic rings. The fourth-order valence-corrected chi connectivity index (χ4v) is 2.25. The average Bonchev–Trinajstić information content (AvgIpc) is 2.36. The summed E-state index contributed by atoms with van der Waals surface area (Å²) in [5.74, 6) is -1.40. The molecule has 0 bridgehead atoms. The summed E-state index contributed by atoms with van der Waals surface area (Å²) in [6.07, 6.45) is 2.85. The highest BCUT2D eigenvalue weighted by atomic mass is 16.4. The van der Waals surface area contributed by atoms with Crippen LogP contribution in [0, 0.1) is 5.92 Å². The molecule has 0 aliphatic carbocycles. The summed E-state index contributed by atoms with van der Waals surface area (Å²) in [5.41, 5.74) is 11.3. The van der Waals surface area contributed by atoms with Crippen molar-refractivity contribution in [2.45, 2.75) is 58.5 Å². The number of aliphatic carboxylic acids is 1. The maximum absolute atomic E-state index is 12.4. The zero-order valence-electron chi connectivity index (χ0n) is 12.8. The molecule has 0 aromatic heterocycles. The first-order valence-corrected chi connectivity index (χ1v) is 7.35. The number of carbonyl (C=O) groups excluding carboxylic acids is 1. The molecule has 0 aliphatic heterocycles. The molecular weight excluding hydrogens is 258 g/mol. The second-order valence-electron chi connectivity index (χ2n) is 5.45. The Labute approximate surface area is 121 Å². The molecule has 118 valence electrons. The Morgan fingerprint density at radius 1 is 1.25 bits per heavy atom. The van der Waals surface area contributed by atoms with E-state index in [4.69, 9.17) is 11.5 Å². The standard InChI is InChI=1S/C14H29N3O3/c1-4-9-17(12(10(2)3)14(19)20)13(18)11(16)7-5-6-8-15/h10-12H,4-9,15-16H2,1-3H3,(H,19,20)/t11-,12-/m0/s1. The van der Waals surface area contributed by atoms with Crippen LogP contribution in [0.1, 0.15) is 46.5 Å². The van der Waals surface area contributed by atoms with Crippen LogP contribution in [0.4, 0.5) is 0 Å². The molecule has 0 saturated heterocycles. The lowest BCUT2D eigenvalue weighted by atomic mass is 10.00. The van der Waals surface area contributed by atoms with E-state index < -0.39 is 18.1 Å². The molecule has 6 heteroatoms. The highest BCUT2D eigenvalue weighted by Gasteiger charge is 2.33. The van der Waals surface area contributed by atoms with Crippen molar-refractivity contribution >= 4 is 11.9 Å². The number of amides is 1. The minimum absolute atomic E-state index is 0.153. The van der Waals surface area contributed by atoms with E-state index in [9.17, 15) is 14.7 Å². The van der Waals surface area contributed by atoms with Crippen molar-refractivity contribution in [2.75, 3.05) is 13.1 Å². The second-order valence-corrected chi connectivity index (χ2v) is 5.45. The minimum atomic E-state index is -0.976. The maximum Gasteiger partial charge on any atom is 0.326 e. The molecule has 20 heavy (non-hydrogen) atoms. The van der Waals surface area contributed by atoms with E-state index in [1.807, 2.05) is 6.92 Å². The van der Waals surface area contributed by atoms with E-state index in [1.54, 1.807) is 13.8 Å². The van der Waals surface area contributed by atoms with Gasteiger partial charge < -0.3 is 21.5 Å². The lowest BCUT2D eigenvalue weighted by Crippen LogP contribution is -2.53. The summed E-state index contributed by atoms with van der Waals surface area (Å²) in [6.45, 7) is 6.50. The number of carboxylic acids is 1. The van der Waals surface area contributed by atoms with Gasteiger partial charge in [-0.1, -0.05) is 27.2 Å². The van der Waals surface area contributed by atoms with Crippen molar-refractivity contribution in [1.29, 1.82) is 0 Å². The third kappa shape index (κ3) is 5.88. The van der Waals surface area contributed by atoms with Gasteiger partial charge in [0.05, 0.1) is 6.04 Å². The van der Waals surface area contributed by atoms with Gasteiger partial charge in [0.2, 0.25) is 5.91 Å². The monoisotopic (exact) mass is 287 g/mol. The van der Waals surface area contributed by atoms with Crippen LogP contribution in [0.25, 0.3) is 0 Å². The number of carboxylic acid groups (broad SMARTS) is 1. The SMILES string of the molecule is CCCN(C(=O)[C@@H](N)CCCCN)[C@H](C(=O)O)C(C)C. The quantitative estimate of drug-likeness (QED) is 0.515. The largest absolute Gasteiger partial charge is 0.480 e. The van der Waals surface area contributed by atoms with Crippen LogP contribution in [0.3, 0.4) is 0 Å². The van der Waals surface area contributed by atoms with Gasteiger partial charge in [-0.25, -0.2) is 4.79 Å². The number of hydrogen-bond donors (Lipinski definition) is 3. The van der Waals surface area contributed by atoms with Gasteiger partial charge in [0.25, 0.3) is 0 Å². The van der Waals surface area contributed by atoms with Gasteiger partial charge in [-0.3, -0.25) is 4.79 Å². The van der Waals surface area contributed by atoms with E-state index in [0.717, 1.165) is 12.8 Å². The third-order valence-electron chi connectivity index (χ3n) is 3.25. The van der Waals surface area contributed by atoms with Gasteiger partial charge in [0.15, 0.2) is 0 Å². The molecule has 6 nitrogen and oxygen atoms in total. The molecule has 0 fully saturated rings. The van der Waals surface area contributed by atoms with Crippen LogP contribution in [0.5, 0.6) is 0 Å². The summed E-state index contributed by atoms with van der Waals surface area (Å²) in [6, 6.07) is -1.46. The predicted octanol–water partition coefficient (Wildman–Crippen LogP) is 0.791. The van der Waals surface area contributed by atoms with Gasteiger partial charge in [-0.05, 0) is 31.7 Å². The topological polar surface area (TPSA) is 110 Å². The summed E-state index contributed by atoms with van der Waals surface area (Å²) in [7, 11) is 0. The highest BCUT2D eigenvalue weighted by Crippen LogP contribution is 2.15. The van der Waals surface area contributed by atoms with E-state index in [0.29, 0.717) is 25.9 Å².